The Morgan fingerprint density at radius 2 is 1.57 bits per heavy atom. The molecule has 0 saturated carbocycles. The van der Waals surface area contributed by atoms with Crippen molar-refractivity contribution >= 4 is 17.4 Å². The van der Waals surface area contributed by atoms with Crippen LogP contribution in [0.25, 0.3) is 0 Å². The van der Waals surface area contributed by atoms with E-state index in [0.717, 1.165) is 63.6 Å². The van der Waals surface area contributed by atoms with Gasteiger partial charge in [-0.25, -0.2) is 14.4 Å². The number of piperazine rings is 1. The van der Waals surface area contributed by atoms with Gasteiger partial charge in [-0.3, -0.25) is 4.79 Å². The lowest BCUT2D eigenvalue weighted by Crippen LogP contribution is -2.47. The molecule has 2 saturated heterocycles. The Labute approximate surface area is 165 Å². The zero-order valence-electron chi connectivity index (χ0n) is 16.2. The first-order valence-electron chi connectivity index (χ1n) is 9.97. The summed E-state index contributed by atoms with van der Waals surface area (Å²) in [7, 11) is 0. The predicted molar refractivity (Wildman–Crippen MR) is 107 cm³/mol. The third-order valence-corrected chi connectivity index (χ3v) is 5.72. The van der Waals surface area contributed by atoms with Gasteiger partial charge < -0.3 is 14.7 Å². The fraction of sp³-hybridized carbons (Fsp3) is 0.476. The number of piperidine rings is 1. The lowest BCUT2D eigenvalue weighted by atomic mass is 9.99. The standard InChI is InChI=1S/C21H26FN5O/c1-16-6-8-27(9-7-16)21(28)19-14-24-20(15-23-19)26-12-10-25(11-13-26)18-4-2-17(22)3-5-18/h2-5,14-16H,6-13H2,1H3. The largest absolute Gasteiger partial charge is 0.368 e. The number of anilines is 2. The molecule has 2 fully saturated rings. The molecular weight excluding hydrogens is 357 g/mol. The van der Waals surface area contributed by atoms with Crippen LogP contribution >= 0.6 is 0 Å². The van der Waals surface area contributed by atoms with Gasteiger partial charge >= 0.3 is 0 Å². The summed E-state index contributed by atoms with van der Waals surface area (Å²) in [6, 6.07) is 6.61. The second kappa shape index (κ2) is 8.12. The Hall–Kier alpha value is -2.70. The minimum absolute atomic E-state index is 0.0212. The number of hydrogen-bond acceptors (Lipinski definition) is 5. The van der Waals surface area contributed by atoms with Crippen molar-refractivity contribution in [2.75, 3.05) is 49.1 Å². The third kappa shape index (κ3) is 4.08. The van der Waals surface area contributed by atoms with E-state index in [1.165, 1.54) is 12.1 Å². The highest BCUT2D eigenvalue weighted by atomic mass is 19.1. The van der Waals surface area contributed by atoms with Crippen LogP contribution in [0.4, 0.5) is 15.9 Å². The van der Waals surface area contributed by atoms with Crippen LogP contribution in [-0.2, 0) is 0 Å². The van der Waals surface area contributed by atoms with Gasteiger partial charge in [0, 0.05) is 45.0 Å². The van der Waals surface area contributed by atoms with Crippen LogP contribution in [0.5, 0.6) is 0 Å². The molecule has 0 atom stereocenters. The van der Waals surface area contributed by atoms with Gasteiger partial charge in [-0.1, -0.05) is 6.92 Å². The molecule has 1 amide bonds. The highest BCUT2D eigenvalue weighted by molar-refractivity contribution is 5.92. The first kappa shape index (κ1) is 18.7. The molecule has 2 aliphatic rings. The molecule has 1 aromatic heterocycles. The fourth-order valence-corrected chi connectivity index (χ4v) is 3.81. The van der Waals surface area contributed by atoms with E-state index in [4.69, 9.17) is 0 Å². The van der Waals surface area contributed by atoms with Crippen LogP contribution in [0.3, 0.4) is 0 Å². The van der Waals surface area contributed by atoms with Gasteiger partial charge in [0.2, 0.25) is 0 Å². The molecule has 0 bridgehead atoms. The van der Waals surface area contributed by atoms with Crippen molar-refractivity contribution < 1.29 is 9.18 Å². The van der Waals surface area contributed by atoms with Gasteiger partial charge in [0.15, 0.2) is 0 Å². The number of carbonyl (C=O) groups is 1. The second-order valence-corrected chi connectivity index (χ2v) is 7.69. The first-order valence-corrected chi connectivity index (χ1v) is 9.97. The molecule has 2 aliphatic heterocycles. The number of nitrogens with zero attached hydrogens (tertiary/aromatic N) is 5. The summed E-state index contributed by atoms with van der Waals surface area (Å²) < 4.78 is 13.1. The van der Waals surface area contributed by atoms with E-state index in [1.807, 2.05) is 17.0 Å². The molecule has 2 aromatic rings. The normalized spacial score (nSPS) is 18.4. The Morgan fingerprint density at radius 1 is 0.929 bits per heavy atom. The Bertz CT molecular complexity index is 795. The summed E-state index contributed by atoms with van der Waals surface area (Å²) in [6.45, 7) is 7.11. The van der Waals surface area contributed by atoms with Gasteiger partial charge in [-0.2, -0.15) is 0 Å². The summed E-state index contributed by atoms with van der Waals surface area (Å²) in [6.07, 6.45) is 5.40. The summed E-state index contributed by atoms with van der Waals surface area (Å²) in [5.41, 5.74) is 1.45. The maximum atomic E-state index is 13.1. The zero-order valence-corrected chi connectivity index (χ0v) is 16.2. The van der Waals surface area contributed by atoms with Crippen LogP contribution in [0.15, 0.2) is 36.7 Å². The third-order valence-electron chi connectivity index (χ3n) is 5.72. The Kier molecular flexibility index (Phi) is 5.41. The summed E-state index contributed by atoms with van der Waals surface area (Å²) in [5.74, 6) is 1.24. The van der Waals surface area contributed by atoms with E-state index in [9.17, 15) is 9.18 Å². The van der Waals surface area contributed by atoms with Crippen molar-refractivity contribution in [1.29, 1.82) is 0 Å². The number of aromatic nitrogens is 2. The topological polar surface area (TPSA) is 52.6 Å². The quantitative estimate of drug-likeness (QED) is 0.816. The molecule has 0 N–H and O–H groups in total. The highest BCUT2D eigenvalue weighted by Gasteiger charge is 2.23. The molecule has 0 spiro atoms. The summed E-state index contributed by atoms with van der Waals surface area (Å²) in [4.78, 5) is 27.8. The fourth-order valence-electron chi connectivity index (χ4n) is 3.81. The van der Waals surface area contributed by atoms with E-state index in [-0.39, 0.29) is 11.7 Å². The number of benzene rings is 1. The van der Waals surface area contributed by atoms with Crippen LogP contribution < -0.4 is 9.80 Å². The molecule has 4 rings (SSSR count). The first-order chi connectivity index (χ1) is 13.6. The smallest absolute Gasteiger partial charge is 0.274 e. The molecular formula is C21H26FN5O. The van der Waals surface area contributed by atoms with Gasteiger partial charge in [0.25, 0.3) is 5.91 Å². The molecule has 6 nitrogen and oxygen atoms in total. The van der Waals surface area contributed by atoms with Crippen LogP contribution in [0.2, 0.25) is 0 Å². The Balaban J connectivity index is 1.34. The number of likely N-dealkylation sites (tertiary alicyclic amines) is 1. The molecule has 0 aliphatic carbocycles. The van der Waals surface area contributed by atoms with Crippen LogP contribution in [-0.4, -0.2) is 60.0 Å². The van der Waals surface area contributed by atoms with Gasteiger partial charge in [0.05, 0.1) is 12.4 Å². The van der Waals surface area contributed by atoms with E-state index < -0.39 is 0 Å². The summed E-state index contributed by atoms with van der Waals surface area (Å²) in [5, 5.41) is 0. The van der Waals surface area contributed by atoms with Crippen molar-refractivity contribution in [1.82, 2.24) is 14.9 Å². The van der Waals surface area contributed by atoms with E-state index >= 15 is 0 Å². The van der Waals surface area contributed by atoms with Crippen LogP contribution in [0.1, 0.15) is 30.3 Å². The number of amides is 1. The average molecular weight is 383 g/mol. The lowest BCUT2D eigenvalue weighted by molar-refractivity contribution is 0.0691. The predicted octanol–water partition coefficient (Wildman–Crippen LogP) is 2.81. The van der Waals surface area contributed by atoms with E-state index in [0.29, 0.717) is 11.6 Å². The van der Waals surface area contributed by atoms with Crippen molar-refractivity contribution in [3.05, 3.63) is 48.2 Å². The van der Waals surface area contributed by atoms with Gasteiger partial charge in [0.1, 0.15) is 17.3 Å². The molecule has 7 heteroatoms. The second-order valence-electron chi connectivity index (χ2n) is 7.69. The lowest BCUT2D eigenvalue weighted by Gasteiger charge is -2.36. The maximum Gasteiger partial charge on any atom is 0.274 e. The Morgan fingerprint density at radius 3 is 2.18 bits per heavy atom. The highest BCUT2D eigenvalue weighted by Crippen LogP contribution is 2.20. The number of carbonyl (C=O) groups excluding carboxylic acids is 1. The van der Waals surface area contributed by atoms with E-state index in [1.54, 1.807) is 12.4 Å². The minimum Gasteiger partial charge on any atom is -0.368 e. The summed E-state index contributed by atoms with van der Waals surface area (Å²) >= 11 is 0. The SMILES string of the molecule is CC1CCN(C(=O)c2cnc(N3CCN(c4ccc(F)cc4)CC3)cn2)CC1. The minimum atomic E-state index is -0.216. The molecule has 1 aromatic carbocycles. The van der Waals surface area contributed by atoms with E-state index in [2.05, 4.69) is 26.7 Å². The number of rotatable bonds is 3. The van der Waals surface area contributed by atoms with Crippen molar-refractivity contribution in [3.8, 4) is 0 Å². The molecule has 0 radical (unpaired) electrons. The van der Waals surface area contributed by atoms with Crippen molar-refractivity contribution in [3.63, 3.8) is 0 Å². The number of halogens is 1. The van der Waals surface area contributed by atoms with Gasteiger partial charge in [-0.15, -0.1) is 0 Å². The van der Waals surface area contributed by atoms with Crippen LogP contribution in [0, 0.1) is 11.7 Å². The molecule has 3 heterocycles. The maximum absolute atomic E-state index is 13.1. The number of hydrogen-bond donors (Lipinski definition) is 0. The molecule has 0 unspecified atom stereocenters. The van der Waals surface area contributed by atoms with Crippen molar-refractivity contribution in [2.24, 2.45) is 5.92 Å². The zero-order chi connectivity index (χ0) is 19.5. The van der Waals surface area contributed by atoms with Gasteiger partial charge in [-0.05, 0) is 43.0 Å². The molecule has 28 heavy (non-hydrogen) atoms. The monoisotopic (exact) mass is 383 g/mol. The van der Waals surface area contributed by atoms with Crippen molar-refractivity contribution in [2.45, 2.75) is 19.8 Å². The average Bonchev–Trinajstić information content (AvgIpc) is 2.75. The molecule has 148 valence electrons.